The number of carbonyl (C=O) groups is 1. The van der Waals surface area contributed by atoms with Gasteiger partial charge in [-0.3, -0.25) is 4.79 Å². The van der Waals surface area contributed by atoms with Crippen molar-refractivity contribution in [3.05, 3.63) is 35.4 Å². The summed E-state index contributed by atoms with van der Waals surface area (Å²) in [5.74, 6) is 0.464. The van der Waals surface area contributed by atoms with E-state index < -0.39 is 0 Å². The van der Waals surface area contributed by atoms with Gasteiger partial charge in [0.15, 0.2) is 5.78 Å². The standard InChI is InChI=1S/C16H24O/c1-6-12(7-2)15(17)13-9-8-10-14(11-13)16(3,4)5/h8-12H,6-7H2,1-5H3. The molecule has 1 aromatic carbocycles. The maximum absolute atomic E-state index is 12.3. The van der Waals surface area contributed by atoms with Gasteiger partial charge in [-0.05, 0) is 29.9 Å². The van der Waals surface area contributed by atoms with Crippen molar-refractivity contribution < 1.29 is 4.79 Å². The van der Waals surface area contributed by atoms with Crippen LogP contribution in [-0.4, -0.2) is 5.78 Å². The van der Waals surface area contributed by atoms with Gasteiger partial charge < -0.3 is 0 Å². The Morgan fingerprint density at radius 1 is 1.18 bits per heavy atom. The van der Waals surface area contributed by atoms with E-state index in [0.29, 0.717) is 5.78 Å². The summed E-state index contributed by atoms with van der Waals surface area (Å²) >= 11 is 0. The second kappa shape index (κ2) is 5.48. The third-order valence-electron chi connectivity index (χ3n) is 3.37. The molecule has 0 radical (unpaired) electrons. The van der Waals surface area contributed by atoms with Crippen molar-refractivity contribution >= 4 is 5.78 Å². The topological polar surface area (TPSA) is 17.1 Å². The Bertz CT molecular complexity index is 381. The Labute approximate surface area is 105 Å². The van der Waals surface area contributed by atoms with Crippen LogP contribution in [0.4, 0.5) is 0 Å². The Morgan fingerprint density at radius 3 is 2.24 bits per heavy atom. The molecule has 0 fully saturated rings. The van der Waals surface area contributed by atoms with Crippen LogP contribution in [0.5, 0.6) is 0 Å². The molecule has 0 saturated heterocycles. The van der Waals surface area contributed by atoms with Crippen LogP contribution in [0.2, 0.25) is 0 Å². The van der Waals surface area contributed by atoms with Gasteiger partial charge in [0.2, 0.25) is 0 Å². The third-order valence-corrected chi connectivity index (χ3v) is 3.37. The Hall–Kier alpha value is -1.11. The van der Waals surface area contributed by atoms with Gasteiger partial charge in [0.25, 0.3) is 0 Å². The monoisotopic (exact) mass is 232 g/mol. The average molecular weight is 232 g/mol. The van der Waals surface area contributed by atoms with E-state index in [1.165, 1.54) is 5.56 Å². The van der Waals surface area contributed by atoms with Gasteiger partial charge in [-0.1, -0.05) is 52.8 Å². The van der Waals surface area contributed by atoms with Crippen LogP contribution in [-0.2, 0) is 5.41 Å². The smallest absolute Gasteiger partial charge is 0.165 e. The molecule has 0 aliphatic rings. The molecule has 0 amide bonds. The van der Waals surface area contributed by atoms with Crippen LogP contribution in [0.3, 0.4) is 0 Å². The maximum Gasteiger partial charge on any atom is 0.165 e. The van der Waals surface area contributed by atoms with E-state index >= 15 is 0 Å². The van der Waals surface area contributed by atoms with E-state index in [1.807, 2.05) is 12.1 Å². The third kappa shape index (κ3) is 3.42. The molecule has 0 bridgehead atoms. The number of Topliss-reactive ketones (excluding diaryl/α,β-unsaturated/α-hetero) is 1. The van der Waals surface area contributed by atoms with E-state index in [-0.39, 0.29) is 11.3 Å². The van der Waals surface area contributed by atoms with E-state index in [9.17, 15) is 4.79 Å². The van der Waals surface area contributed by atoms with Crippen molar-refractivity contribution in [2.75, 3.05) is 0 Å². The molecule has 0 N–H and O–H groups in total. The van der Waals surface area contributed by atoms with Crippen LogP contribution in [0.1, 0.15) is 63.4 Å². The van der Waals surface area contributed by atoms with Gasteiger partial charge in [-0.15, -0.1) is 0 Å². The minimum Gasteiger partial charge on any atom is -0.294 e. The zero-order valence-corrected chi connectivity index (χ0v) is 11.7. The molecule has 1 aromatic rings. The molecule has 0 aliphatic carbocycles. The fraction of sp³-hybridized carbons (Fsp3) is 0.562. The van der Waals surface area contributed by atoms with Gasteiger partial charge in [0.1, 0.15) is 0 Å². The van der Waals surface area contributed by atoms with E-state index in [1.54, 1.807) is 0 Å². The number of rotatable bonds is 4. The highest BCUT2D eigenvalue weighted by Crippen LogP contribution is 2.24. The molecule has 94 valence electrons. The van der Waals surface area contributed by atoms with Crippen molar-refractivity contribution in [2.24, 2.45) is 5.92 Å². The fourth-order valence-corrected chi connectivity index (χ4v) is 2.03. The van der Waals surface area contributed by atoms with Gasteiger partial charge in [-0.25, -0.2) is 0 Å². The van der Waals surface area contributed by atoms with Gasteiger partial charge in [-0.2, -0.15) is 0 Å². The lowest BCUT2D eigenvalue weighted by atomic mass is 9.84. The minimum absolute atomic E-state index is 0.101. The number of carbonyl (C=O) groups excluding carboxylic acids is 1. The van der Waals surface area contributed by atoms with Crippen molar-refractivity contribution in [2.45, 2.75) is 52.9 Å². The Kier molecular flexibility index (Phi) is 4.50. The van der Waals surface area contributed by atoms with Crippen LogP contribution in [0.25, 0.3) is 0 Å². The molecule has 0 aliphatic heterocycles. The van der Waals surface area contributed by atoms with Gasteiger partial charge in [0.05, 0.1) is 0 Å². The summed E-state index contributed by atoms with van der Waals surface area (Å²) in [4.78, 5) is 12.3. The zero-order valence-electron chi connectivity index (χ0n) is 11.7. The molecule has 0 aromatic heterocycles. The lowest BCUT2D eigenvalue weighted by Crippen LogP contribution is -2.16. The first-order chi connectivity index (χ1) is 7.90. The average Bonchev–Trinajstić information content (AvgIpc) is 2.29. The SMILES string of the molecule is CCC(CC)C(=O)c1cccc(C(C)(C)C)c1. The van der Waals surface area contributed by atoms with Crippen LogP contribution >= 0.6 is 0 Å². The Morgan fingerprint density at radius 2 is 1.76 bits per heavy atom. The summed E-state index contributed by atoms with van der Waals surface area (Å²) in [6.07, 6.45) is 1.85. The molecule has 1 rings (SSSR count). The van der Waals surface area contributed by atoms with E-state index in [0.717, 1.165) is 18.4 Å². The highest BCUT2D eigenvalue weighted by molar-refractivity contribution is 5.98. The van der Waals surface area contributed by atoms with Crippen molar-refractivity contribution in [3.63, 3.8) is 0 Å². The summed E-state index contributed by atoms with van der Waals surface area (Å²) in [5.41, 5.74) is 2.20. The molecule has 1 nitrogen and oxygen atoms in total. The number of benzene rings is 1. The van der Waals surface area contributed by atoms with Crippen LogP contribution in [0.15, 0.2) is 24.3 Å². The van der Waals surface area contributed by atoms with Crippen LogP contribution in [0, 0.1) is 5.92 Å². The molecule has 0 heterocycles. The molecule has 0 spiro atoms. The summed E-state index contributed by atoms with van der Waals surface area (Å²) < 4.78 is 0. The Balaban J connectivity index is 3.04. The highest BCUT2D eigenvalue weighted by atomic mass is 16.1. The minimum atomic E-state index is 0.101. The first kappa shape index (κ1) is 14.0. The summed E-state index contributed by atoms with van der Waals surface area (Å²) in [7, 11) is 0. The molecule has 17 heavy (non-hydrogen) atoms. The lowest BCUT2D eigenvalue weighted by molar-refractivity contribution is 0.0913. The normalized spacial score (nSPS) is 11.9. The lowest BCUT2D eigenvalue weighted by Gasteiger charge is -2.20. The molecular formula is C16H24O. The zero-order chi connectivity index (χ0) is 13.1. The number of hydrogen-bond donors (Lipinski definition) is 0. The van der Waals surface area contributed by atoms with Crippen molar-refractivity contribution in [1.29, 1.82) is 0 Å². The van der Waals surface area contributed by atoms with Crippen LogP contribution < -0.4 is 0 Å². The summed E-state index contributed by atoms with van der Waals surface area (Å²) in [5, 5.41) is 0. The number of ketones is 1. The molecule has 1 heteroatoms. The van der Waals surface area contributed by atoms with Crippen molar-refractivity contribution in [3.8, 4) is 0 Å². The second-order valence-electron chi connectivity index (χ2n) is 5.71. The number of hydrogen-bond acceptors (Lipinski definition) is 1. The predicted octanol–water partition coefficient (Wildman–Crippen LogP) is 4.60. The maximum atomic E-state index is 12.3. The molecule has 0 saturated carbocycles. The molecular weight excluding hydrogens is 208 g/mol. The largest absolute Gasteiger partial charge is 0.294 e. The van der Waals surface area contributed by atoms with E-state index in [2.05, 4.69) is 46.8 Å². The van der Waals surface area contributed by atoms with E-state index in [4.69, 9.17) is 0 Å². The van der Waals surface area contributed by atoms with Gasteiger partial charge in [0, 0.05) is 11.5 Å². The molecule has 0 atom stereocenters. The molecule has 0 unspecified atom stereocenters. The second-order valence-corrected chi connectivity index (χ2v) is 5.71. The first-order valence-electron chi connectivity index (χ1n) is 6.54. The fourth-order valence-electron chi connectivity index (χ4n) is 2.03. The summed E-state index contributed by atoms with van der Waals surface area (Å²) in [6.45, 7) is 10.7. The first-order valence-corrected chi connectivity index (χ1v) is 6.54. The van der Waals surface area contributed by atoms with Gasteiger partial charge >= 0.3 is 0 Å². The highest BCUT2D eigenvalue weighted by Gasteiger charge is 2.19. The predicted molar refractivity (Wildman–Crippen MR) is 73.5 cm³/mol. The quantitative estimate of drug-likeness (QED) is 0.693. The van der Waals surface area contributed by atoms with Crippen molar-refractivity contribution in [1.82, 2.24) is 0 Å². The summed E-state index contributed by atoms with van der Waals surface area (Å²) in [6, 6.07) is 8.09.